The number of rotatable bonds is 4. The first-order valence-electron chi connectivity index (χ1n) is 11.3. The number of fused-ring (bicyclic) bond motifs is 2. The molecule has 160 valence electrons. The Hall–Kier alpha value is -2.88. The SMILES string of the molecule is Cc1cc(-c2ccccc2)n(-c2ccc(C(=O)NC3CC4CCC3(C)C4(C)C)cc2)n1. The Morgan fingerprint density at radius 3 is 2.39 bits per heavy atom. The van der Waals surface area contributed by atoms with Crippen LogP contribution < -0.4 is 5.32 Å². The molecule has 1 amide bonds. The summed E-state index contributed by atoms with van der Waals surface area (Å²) in [5.74, 6) is 0.741. The molecule has 0 radical (unpaired) electrons. The first kappa shape index (κ1) is 20.0. The topological polar surface area (TPSA) is 46.9 Å². The zero-order valence-electron chi connectivity index (χ0n) is 18.9. The maximum absolute atomic E-state index is 13.0. The highest BCUT2D eigenvalue weighted by Crippen LogP contribution is 2.65. The van der Waals surface area contributed by atoms with Crippen molar-refractivity contribution >= 4 is 5.91 Å². The van der Waals surface area contributed by atoms with Crippen molar-refractivity contribution in [3.63, 3.8) is 0 Å². The van der Waals surface area contributed by atoms with Crippen molar-refractivity contribution in [3.8, 4) is 16.9 Å². The first-order valence-corrected chi connectivity index (χ1v) is 11.3. The van der Waals surface area contributed by atoms with Crippen molar-refractivity contribution in [1.82, 2.24) is 15.1 Å². The summed E-state index contributed by atoms with van der Waals surface area (Å²) in [6.07, 6.45) is 3.59. The maximum Gasteiger partial charge on any atom is 0.251 e. The number of nitrogens with one attached hydrogen (secondary N) is 1. The van der Waals surface area contributed by atoms with Gasteiger partial charge in [0.2, 0.25) is 0 Å². The fraction of sp³-hybridized carbons (Fsp3) is 0.407. The van der Waals surface area contributed by atoms with E-state index in [4.69, 9.17) is 0 Å². The lowest BCUT2D eigenvalue weighted by Gasteiger charge is -2.39. The predicted octanol–water partition coefficient (Wildman–Crippen LogP) is 5.79. The molecule has 2 aliphatic carbocycles. The van der Waals surface area contributed by atoms with Gasteiger partial charge in [0, 0.05) is 17.2 Å². The third-order valence-corrected chi connectivity index (χ3v) is 8.37. The molecular formula is C27H31N3O. The van der Waals surface area contributed by atoms with Crippen LogP contribution in [-0.2, 0) is 0 Å². The van der Waals surface area contributed by atoms with Gasteiger partial charge in [0.1, 0.15) is 0 Å². The molecule has 5 rings (SSSR count). The van der Waals surface area contributed by atoms with Crippen LogP contribution in [0.25, 0.3) is 16.9 Å². The molecule has 2 saturated carbocycles. The van der Waals surface area contributed by atoms with Crippen molar-refractivity contribution in [1.29, 1.82) is 0 Å². The Morgan fingerprint density at radius 2 is 1.77 bits per heavy atom. The van der Waals surface area contributed by atoms with E-state index in [2.05, 4.69) is 49.4 Å². The van der Waals surface area contributed by atoms with Crippen LogP contribution in [0.5, 0.6) is 0 Å². The molecule has 31 heavy (non-hydrogen) atoms. The van der Waals surface area contributed by atoms with E-state index in [1.807, 2.05) is 54.1 Å². The van der Waals surface area contributed by atoms with Gasteiger partial charge >= 0.3 is 0 Å². The summed E-state index contributed by atoms with van der Waals surface area (Å²) in [7, 11) is 0. The number of hydrogen-bond donors (Lipinski definition) is 1. The normalized spacial score (nSPS) is 26.2. The van der Waals surface area contributed by atoms with Crippen LogP contribution in [0.3, 0.4) is 0 Å². The summed E-state index contributed by atoms with van der Waals surface area (Å²) >= 11 is 0. The second kappa shape index (κ2) is 7.08. The third kappa shape index (κ3) is 3.12. The van der Waals surface area contributed by atoms with Crippen molar-refractivity contribution in [2.45, 2.75) is 53.0 Å². The van der Waals surface area contributed by atoms with Crippen molar-refractivity contribution in [3.05, 3.63) is 71.9 Å². The molecule has 1 heterocycles. The monoisotopic (exact) mass is 413 g/mol. The lowest BCUT2D eigenvalue weighted by molar-refractivity contribution is 0.0826. The minimum Gasteiger partial charge on any atom is -0.349 e. The van der Waals surface area contributed by atoms with Gasteiger partial charge in [0.05, 0.1) is 17.1 Å². The quantitative estimate of drug-likeness (QED) is 0.588. The largest absolute Gasteiger partial charge is 0.349 e. The predicted molar refractivity (Wildman–Crippen MR) is 124 cm³/mol. The highest BCUT2D eigenvalue weighted by atomic mass is 16.1. The molecule has 0 spiro atoms. The van der Waals surface area contributed by atoms with Crippen LogP contribution in [0.4, 0.5) is 0 Å². The Bertz CT molecular complexity index is 1110. The van der Waals surface area contributed by atoms with Gasteiger partial charge in [-0.2, -0.15) is 5.10 Å². The number of hydrogen-bond acceptors (Lipinski definition) is 2. The first-order chi connectivity index (χ1) is 14.8. The molecule has 2 aliphatic rings. The summed E-state index contributed by atoms with van der Waals surface area (Å²) in [5, 5.41) is 8.04. The minimum absolute atomic E-state index is 0.0288. The standard InChI is InChI=1S/C27H31N3O/c1-18-16-23(19-8-6-5-7-9-19)30(29-18)22-12-10-20(11-13-22)25(31)28-24-17-21-14-15-27(24,4)26(21,2)3/h5-13,16,21,24H,14-15,17H2,1-4H3,(H,28,31). The molecule has 3 atom stereocenters. The average Bonchev–Trinajstić information content (AvgIpc) is 3.32. The van der Waals surface area contributed by atoms with Crippen molar-refractivity contribution < 1.29 is 4.79 Å². The van der Waals surface area contributed by atoms with E-state index in [1.165, 1.54) is 12.8 Å². The number of aryl methyl sites for hydroxylation is 1. The van der Waals surface area contributed by atoms with E-state index in [1.54, 1.807) is 0 Å². The van der Waals surface area contributed by atoms with Gasteiger partial charge in [0.15, 0.2) is 0 Å². The molecule has 3 aromatic rings. The van der Waals surface area contributed by atoms with E-state index in [0.29, 0.717) is 16.9 Å². The van der Waals surface area contributed by atoms with Crippen molar-refractivity contribution in [2.24, 2.45) is 16.7 Å². The molecule has 4 heteroatoms. The summed E-state index contributed by atoms with van der Waals surface area (Å²) in [4.78, 5) is 13.0. The van der Waals surface area contributed by atoms with E-state index in [9.17, 15) is 4.79 Å². The van der Waals surface area contributed by atoms with Gasteiger partial charge in [0.25, 0.3) is 5.91 Å². The van der Waals surface area contributed by atoms with Crippen LogP contribution in [0.2, 0.25) is 0 Å². The molecular weight excluding hydrogens is 382 g/mol. The van der Waals surface area contributed by atoms with Crippen LogP contribution in [-0.4, -0.2) is 21.7 Å². The van der Waals surface area contributed by atoms with Crippen LogP contribution in [0.1, 0.15) is 56.1 Å². The average molecular weight is 414 g/mol. The Labute approximate surface area is 184 Å². The van der Waals surface area contributed by atoms with Gasteiger partial charge in [-0.1, -0.05) is 51.1 Å². The Balaban J connectivity index is 1.37. The lowest BCUT2D eigenvalue weighted by atomic mass is 9.69. The van der Waals surface area contributed by atoms with E-state index >= 15 is 0 Å². The molecule has 4 nitrogen and oxygen atoms in total. The molecule has 1 aromatic heterocycles. The highest BCUT2D eigenvalue weighted by molar-refractivity contribution is 5.94. The number of carbonyl (C=O) groups excluding carboxylic acids is 1. The van der Waals surface area contributed by atoms with Gasteiger partial charge in [-0.25, -0.2) is 4.68 Å². The van der Waals surface area contributed by atoms with Gasteiger partial charge in [-0.15, -0.1) is 0 Å². The van der Waals surface area contributed by atoms with Gasteiger partial charge in [-0.05, 0) is 73.3 Å². The number of nitrogens with zero attached hydrogens (tertiary/aromatic N) is 2. The number of benzene rings is 2. The number of carbonyl (C=O) groups is 1. The Morgan fingerprint density at radius 1 is 1.06 bits per heavy atom. The van der Waals surface area contributed by atoms with Crippen LogP contribution >= 0.6 is 0 Å². The van der Waals surface area contributed by atoms with Gasteiger partial charge < -0.3 is 5.32 Å². The molecule has 2 fully saturated rings. The number of amides is 1. The molecule has 0 aliphatic heterocycles. The summed E-state index contributed by atoms with van der Waals surface area (Å²) in [6.45, 7) is 9.12. The molecule has 0 saturated heterocycles. The fourth-order valence-electron chi connectivity index (χ4n) is 5.93. The zero-order chi connectivity index (χ0) is 21.8. The molecule has 3 unspecified atom stereocenters. The number of aromatic nitrogens is 2. The maximum atomic E-state index is 13.0. The molecule has 2 bridgehead atoms. The second-order valence-corrected chi connectivity index (χ2v) is 10.1. The van der Waals surface area contributed by atoms with Gasteiger partial charge in [-0.3, -0.25) is 4.79 Å². The molecule has 2 aromatic carbocycles. The van der Waals surface area contributed by atoms with Crippen molar-refractivity contribution in [2.75, 3.05) is 0 Å². The second-order valence-electron chi connectivity index (χ2n) is 10.1. The minimum atomic E-state index is 0.0288. The van der Waals surface area contributed by atoms with E-state index in [-0.39, 0.29) is 17.4 Å². The highest BCUT2D eigenvalue weighted by Gasteiger charge is 2.61. The van der Waals surface area contributed by atoms with Crippen LogP contribution in [0, 0.1) is 23.7 Å². The lowest BCUT2D eigenvalue weighted by Crippen LogP contribution is -2.46. The zero-order valence-corrected chi connectivity index (χ0v) is 18.9. The summed E-state index contributed by atoms with van der Waals surface area (Å²) in [5.41, 5.74) is 5.28. The Kier molecular flexibility index (Phi) is 4.58. The van der Waals surface area contributed by atoms with E-state index in [0.717, 1.165) is 29.1 Å². The third-order valence-electron chi connectivity index (χ3n) is 8.37. The fourth-order valence-corrected chi connectivity index (χ4v) is 5.93. The smallest absolute Gasteiger partial charge is 0.251 e. The summed E-state index contributed by atoms with van der Waals surface area (Å²) in [6, 6.07) is 20.4. The van der Waals surface area contributed by atoms with E-state index < -0.39 is 0 Å². The molecule has 1 N–H and O–H groups in total. The van der Waals surface area contributed by atoms with Crippen LogP contribution in [0.15, 0.2) is 60.7 Å². The summed E-state index contributed by atoms with van der Waals surface area (Å²) < 4.78 is 1.95.